The lowest BCUT2D eigenvalue weighted by Crippen LogP contribution is -2.74. The Kier molecular flexibility index (Phi) is 16.9. The first-order chi connectivity index (χ1) is 42.1. The highest BCUT2D eigenvalue weighted by Gasteiger charge is 2.39. The van der Waals surface area contributed by atoms with E-state index in [-0.39, 0.29) is 0 Å². The molecule has 0 atom stereocenters. The van der Waals surface area contributed by atoms with E-state index in [9.17, 15) is 0 Å². The maximum absolute atomic E-state index is 7.61. The van der Waals surface area contributed by atoms with Gasteiger partial charge in [-0.3, -0.25) is 4.74 Å². The number of fused-ring (bicyclic) bond motifs is 3. The van der Waals surface area contributed by atoms with Crippen molar-refractivity contribution in [3.63, 3.8) is 0 Å². The van der Waals surface area contributed by atoms with Gasteiger partial charge in [0.2, 0.25) is 5.69 Å². The summed E-state index contributed by atoms with van der Waals surface area (Å²) in [5.41, 5.74) is 14.3. The van der Waals surface area contributed by atoms with Gasteiger partial charge in [0.05, 0.1) is 18.0 Å². The SMILES string of the molecule is Cc1cc(C(C)C)ccc1N=P(c1ccccc1)(c1ccccc1)c1cccc2c1oc1c(P(=[NH+]c3ccc(C(C)C)cc3C)(c3ccccc3)c3ccccc3)cccc12.c1ccc([B-](c2ccccc2)(c2ccccc2)c2ccccc2)cc1. The molecule has 1 N–H and O–H groups in total. The minimum atomic E-state index is -2.76. The highest BCUT2D eigenvalue weighted by molar-refractivity contribution is 7.88. The molecular formula is C80H73BN2OP2. The summed E-state index contributed by atoms with van der Waals surface area (Å²) in [6.45, 7) is 13.4. The van der Waals surface area contributed by atoms with Gasteiger partial charge in [-0.05, 0) is 90.9 Å². The summed E-state index contributed by atoms with van der Waals surface area (Å²) in [6, 6.07) is 114. The van der Waals surface area contributed by atoms with E-state index in [2.05, 4.69) is 362 Å². The van der Waals surface area contributed by atoms with E-state index in [4.69, 9.17) is 9.16 Å². The number of nitrogens with one attached hydrogen (secondary N) is 1. The zero-order chi connectivity index (χ0) is 59.1. The Bertz CT molecular complexity index is 4070. The van der Waals surface area contributed by atoms with Gasteiger partial charge in [0.1, 0.15) is 17.3 Å². The van der Waals surface area contributed by atoms with Crippen molar-refractivity contribution in [1.29, 1.82) is 0 Å². The van der Waals surface area contributed by atoms with Crippen LogP contribution in [0, 0.1) is 13.8 Å². The molecule has 13 rings (SSSR count). The zero-order valence-corrected chi connectivity index (χ0v) is 51.8. The van der Waals surface area contributed by atoms with Crippen LogP contribution in [0.4, 0.5) is 11.4 Å². The molecule has 0 radical (unpaired) electrons. The molecule has 1 heterocycles. The van der Waals surface area contributed by atoms with Crippen LogP contribution in [-0.2, 0) is 0 Å². The fraction of sp³-hybridized carbons (Fsp3) is 0.100. The highest BCUT2D eigenvalue weighted by atomic mass is 31.2. The van der Waals surface area contributed by atoms with E-state index in [1.807, 2.05) is 0 Å². The van der Waals surface area contributed by atoms with Crippen molar-refractivity contribution in [3.8, 4) is 0 Å². The Hall–Kier alpha value is -9.04. The fourth-order valence-corrected chi connectivity index (χ4v) is 20.5. The van der Waals surface area contributed by atoms with E-state index < -0.39 is 20.3 Å². The molecular weight excluding hydrogens is 1080 g/mol. The Balaban J connectivity index is 0.000000240. The average molecular weight is 1150 g/mol. The number of nitrogens with zero attached hydrogens (tertiary/aromatic N) is 1. The van der Waals surface area contributed by atoms with Gasteiger partial charge in [-0.15, -0.1) is 0 Å². The molecule has 12 aromatic carbocycles. The third-order valence-corrected chi connectivity index (χ3v) is 24.7. The summed E-state index contributed by atoms with van der Waals surface area (Å²) in [7, 11) is -5.41. The molecule has 0 unspecified atom stereocenters. The van der Waals surface area contributed by atoms with Gasteiger partial charge in [0.25, 0.3) is 0 Å². The van der Waals surface area contributed by atoms with E-state index in [1.165, 1.54) is 65.3 Å². The van der Waals surface area contributed by atoms with Crippen molar-refractivity contribution in [3.05, 3.63) is 338 Å². The second kappa shape index (κ2) is 25.3. The van der Waals surface area contributed by atoms with Crippen LogP contribution in [0.2, 0.25) is 0 Å². The third-order valence-electron chi connectivity index (χ3n) is 17.3. The zero-order valence-electron chi connectivity index (χ0n) is 50.0. The van der Waals surface area contributed by atoms with Crippen LogP contribution in [0.5, 0.6) is 0 Å². The first kappa shape index (κ1) is 57.4. The van der Waals surface area contributed by atoms with Crippen molar-refractivity contribution in [1.82, 2.24) is 0 Å². The topological polar surface area (TPSA) is 39.5 Å². The van der Waals surface area contributed by atoms with Crippen LogP contribution in [0.15, 0.2) is 325 Å². The summed E-state index contributed by atoms with van der Waals surface area (Å²) in [5.74, 6) is 0.861. The molecule has 0 amide bonds. The molecule has 422 valence electrons. The maximum atomic E-state index is 7.61. The van der Waals surface area contributed by atoms with Crippen LogP contribution in [0.3, 0.4) is 0 Å². The summed E-state index contributed by atoms with van der Waals surface area (Å²) in [5, 5.41) is 9.25. The van der Waals surface area contributed by atoms with Gasteiger partial charge in [0, 0.05) is 48.9 Å². The molecule has 0 fully saturated rings. The lowest BCUT2D eigenvalue weighted by atomic mass is 9.13. The molecule has 6 heteroatoms. The standard InChI is InChI=1S/C56H52N2OP2.C24H20B/c1-39(2)43-33-35-51(41(5)37-43)57-60(45-21-11-7-12-22-45,46-23-13-8-14-24-46)53-31-19-29-49-50-30-20-32-54(56(50)59-55(49)53)61(47-25-15-9-16-26-47,48-27-17-10-18-28-48)58-52-36-34-44(40(3)4)38-42(52)6;1-5-13-21(14-6-1)25(22-15-7-2-8-16-22,23-17-9-3-10-18-23)24-19-11-4-12-20-24/h7-40H,1-6H3;1-20H/q;-1/p+1. The first-order valence-electron chi connectivity index (χ1n) is 30.2. The summed E-state index contributed by atoms with van der Waals surface area (Å²) in [4.78, 5) is 0. The molecule has 0 aliphatic rings. The predicted octanol–water partition coefficient (Wildman–Crippen LogP) is 15.2. The van der Waals surface area contributed by atoms with Crippen molar-refractivity contribution >= 4 is 107 Å². The number of aryl methyl sites for hydroxylation is 2. The molecule has 0 saturated carbocycles. The van der Waals surface area contributed by atoms with Crippen LogP contribution in [0.1, 0.15) is 61.8 Å². The van der Waals surface area contributed by atoms with Crippen LogP contribution < -0.4 is 58.4 Å². The van der Waals surface area contributed by atoms with E-state index in [0.29, 0.717) is 11.8 Å². The smallest absolute Gasteiger partial charge is 0.202 e. The van der Waals surface area contributed by atoms with E-state index in [1.54, 1.807) is 0 Å². The van der Waals surface area contributed by atoms with Gasteiger partial charge in [-0.1, -0.05) is 289 Å². The van der Waals surface area contributed by atoms with E-state index >= 15 is 0 Å². The lowest BCUT2D eigenvalue weighted by molar-refractivity contribution is -0.327. The average Bonchev–Trinajstić information content (AvgIpc) is 1.43. The minimum Gasteiger partial charge on any atom is -0.454 e. The summed E-state index contributed by atoms with van der Waals surface area (Å²) < 4.78 is 17.9. The quantitative estimate of drug-likeness (QED) is 0.0855. The molecule has 0 spiro atoms. The summed E-state index contributed by atoms with van der Waals surface area (Å²) >= 11 is 0. The minimum absolute atomic E-state index is 0.425. The normalized spacial score (nSPS) is 11.8. The third kappa shape index (κ3) is 10.8. The molecule has 13 aromatic rings. The van der Waals surface area contributed by atoms with E-state index in [0.717, 1.165) is 43.9 Å². The Labute approximate surface area is 509 Å². The first-order valence-corrected chi connectivity index (χ1v) is 33.7. The van der Waals surface area contributed by atoms with Gasteiger partial charge in [-0.2, -0.15) is 21.9 Å². The number of rotatable bonds is 14. The Morgan fingerprint density at radius 1 is 0.349 bits per heavy atom. The largest absolute Gasteiger partial charge is 0.454 e. The second-order valence-corrected chi connectivity index (χ2v) is 29.3. The number of hydrogen-bond donors (Lipinski definition) is 1. The van der Waals surface area contributed by atoms with Gasteiger partial charge in [-0.25, -0.2) is 4.74 Å². The van der Waals surface area contributed by atoms with Crippen molar-refractivity contribution in [2.45, 2.75) is 53.4 Å². The maximum Gasteiger partial charge on any atom is 0.202 e. The molecule has 1 aromatic heterocycles. The molecule has 86 heavy (non-hydrogen) atoms. The molecule has 0 bridgehead atoms. The van der Waals surface area contributed by atoms with Gasteiger partial charge >= 0.3 is 0 Å². The molecule has 0 saturated heterocycles. The number of para-hydroxylation sites is 2. The molecule has 0 aliphatic carbocycles. The van der Waals surface area contributed by atoms with Crippen LogP contribution in [-0.4, -0.2) is 6.15 Å². The predicted molar refractivity (Wildman–Crippen MR) is 374 cm³/mol. The van der Waals surface area contributed by atoms with Gasteiger partial charge in [0.15, 0.2) is 7.05 Å². The Morgan fingerprint density at radius 2 is 0.698 bits per heavy atom. The molecule has 3 nitrogen and oxygen atoms in total. The van der Waals surface area contributed by atoms with Crippen molar-refractivity contribution in [2.75, 3.05) is 0 Å². The van der Waals surface area contributed by atoms with Crippen LogP contribution in [0.25, 0.3) is 21.9 Å². The Morgan fingerprint density at radius 3 is 1.08 bits per heavy atom. The number of furan rings is 1. The van der Waals surface area contributed by atoms with Crippen molar-refractivity contribution in [2.24, 2.45) is 4.74 Å². The van der Waals surface area contributed by atoms with Crippen molar-refractivity contribution < 1.29 is 9.16 Å². The lowest BCUT2D eigenvalue weighted by Gasteiger charge is -2.44. The monoisotopic (exact) mass is 1150 g/mol. The van der Waals surface area contributed by atoms with Crippen LogP contribution >= 0.6 is 14.1 Å². The highest BCUT2D eigenvalue weighted by Crippen LogP contribution is 2.53. The fourth-order valence-electron chi connectivity index (χ4n) is 12.9. The number of benzene rings is 12. The summed E-state index contributed by atoms with van der Waals surface area (Å²) in [6.07, 6.45) is -1.22. The second-order valence-electron chi connectivity index (χ2n) is 23.2. The molecule has 0 aliphatic heterocycles. The number of hydrogen-bond acceptors (Lipinski definition) is 2. The van der Waals surface area contributed by atoms with Gasteiger partial charge < -0.3 is 4.42 Å².